The normalized spacial score (nSPS) is 18.5. The maximum Gasteiger partial charge on any atom is 0.222 e. The van der Waals surface area contributed by atoms with Crippen LogP contribution >= 0.6 is 0 Å². The highest BCUT2D eigenvalue weighted by Crippen LogP contribution is 2.37. The van der Waals surface area contributed by atoms with E-state index in [2.05, 4.69) is 59.9 Å². The number of hydrogen-bond donors (Lipinski definition) is 1. The van der Waals surface area contributed by atoms with Crippen LogP contribution in [-0.4, -0.2) is 46.8 Å². The van der Waals surface area contributed by atoms with Gasteiger partial charge < -0.3 is 10.2 Å². The van der Waals surface area contributed by atoms with Crippen molar-refractivity contribution in [3.05, 3.63) is 52.3 Å². The highest BCUT2D eigenvalue weighted by Gasteiger charge is 2.37. The van der Waals surface area contributed by atoms with Gasteiger partial charge in [0.25, 0.3) is 0 Å². The zero-order valence-electron chi connectivity index (χ0n) is 18.1. The number of nitrogens with zero attached hydrogens (tertiary/aromatic N) is 3. The van der Waals surface area contributed by atoms with E-state index in [0.29, 0.717) is 17.7 Å². The lowest BCUT2D eigenvalue weighted by molar-refractivity contribution is -0.133. The van der Waals surface area contributed by atoms with Crippen LogP contribution in [0.3, 0.4) is 0 Å². The minimum absolute atomic E-state index is 0.302. The smallest absolute Gasteiger partial charge is 0.222 e. The maximum atomic E-state index is 12.8. The first-order valence-corrected chi connectivity index (χ1v) is 11.0. The number of piperidine rings is 1. The average Bonchev–Trinajstić information content (AvgIpc) is 3.27. The van der Waals surface area contributed by atoms with E-state index < -0.39 is 0 Å². The highest BCUT2D eigenvalue weighted by atomic mass is 16.2. The lowest BCUT2D eigenvalue weighted by atomic mass is 9.78. The van der Waals surface area contributed by atoms with Crippen LogP contribution < -0.4 is 5.32 Å². The van der Waals surface area contributed by atoms with E-state index in [9.17, 15) is 4.79 Å². The molecule has 2 saturated heterocycles. The van der Waals surface area contributed by atoms with Crippen molar-refractivity contribution in [1.82, 2.24) is 20.0 Å². The van der Waals surface area contributed by atoms with Crippen LogP contribution in [-0.2, 0) is 17.8 Å². The van der Waals surface area contributed by atoms with Crippen molar-refractivity contribution in [2.24, 2.45) is 5.41 Å². The summed E-state index contributed by atoms with van der Waals surface area (Å²) in [6.45, 7) is 11.2. The van der Waals surface area contributed by atoms with Gasteiger partial charge in [-0.25, -0.2) is 0 Å². The molecule has 3 heterocycles. The minimum atomic E-state index is 0.302. The lowest BCUT2D eigenvalue weighted by Gasteiger charge is -2.39. The Labute approximate surface area is 174 Å². The number of benzene rings is 1. The SMILES string of the molecule is Cc1ccc(Cn2nc(C)c(CCC(=O)N3CCC4(CCNC4)CC3)c2C)cc1. The third-order valence-corrected chi connectivity index (χ3v) is 7.08. The molecule has 2 aliphatic rings. The molecule has 1 amide bonds. The number of amides is 1. The number of likely N-dealkylation sites (tertiary alicyclic amines) is 1. The van der Waals surface area contributed by atoms with Gasteiger partial charge in [-0.3, -0.25) is 9.48 Å². The molecule has 1 spiro atoms. The topological polar surface area (TPSA) is 50.2 Å². The second kappa shape index (κ2) is 8.31. The second-order valence-corrected chi connectivity index (χ2v) is 9.10. The summed E-state index contributed by atoms with van der Waals surface area (Å²) in [6.07, 6.45) is 4.95. The van der Waals surface area contributed by atoms with E-state index in [-0.39, 0.29) is 0 Å². The summed E-state index contributed by atoms with van der Waals surface area (Å²) in [4.78, 5) is 14.9. The zero-order chi connectivity index (χ0) is 20.4. The first-order valence-electron chi connectivity index (χ1n) is 11.0. The third-order valence-electron chi connectivity index (χ3n) is 7.08. The first-order chi connectivity index (χ1) is 14.0. The largest absolute Gasteiger partial charge is 0.343 e. The van der Waals surface area contributed by atoms with E-state index in [4.69, 9.17) is 5.10 Å². The Balaban J connectivity index is 1.34. The van der Waals surface area contributed by atoms with Gasteiger partial charge in [-0.2, -0.15) is 5.10 Å². The zero-order valence-corrected chi connectivity index (χ0v) is 18.1. The fourth-order valence-corrected chi connectivity index (χ4v) is 4.96. The van der Waals surface area contributed by atoms with Gasteiger partial charge in [-0.1, -0.05) is 29.8 Å². The third kappa shape index (κ3) is 4.40. The molecule has 2 aromatic rings. The van der Waals surface area contributed by atoms with Crippen molar-refractivity contribution in [1.29, 1.82) is 0 Å². The van der Waals surface area contributed by atoms with Gasteiger partial charge >= 0.3 is 0 Å². The molecule has 1 N–H and O–H groups in total. The van der Waals surface area contributed by atoms with Crippen LogP contribution in [0.15, 0.2) is 24.3 Å². The molecular weight excluding hydrogens is 360 g/mol. The van der Waals surface area contributed by atoms with E-state index in [1.807, 2.05) is 0 Å². The molecule has 5 heteroatoms. The highest BCUT2D eigenvalue weighted by molar-refractivity contribution is 5.76. The van der Waals surface area contributed by atoms with Gasteiger partial charge in [0, 0.05) is 31.7 Å². The monoisotopic (exact) mass is 394 g/mol. The fourth-order valence-electron chi connectivity index (χ4n) is 4.96. The van der Waals surface area contributed by atoms with Crippen molar-refractivity contribution in [3.8, 4) is 0 Å². The molecule has 0 unspecified atom stereocenters. The lowest BCUT2D eigenvalue weighted by Crippen LogP contribution is -2.44. The Bertz CT molecular complexity index is 852. The average molecular weight is 395 g/mol. The van der Waals surface area contributed by atoms with Crippen LogP contribution in [0.5, 0.6) is 0 Å². The number of aromatic nitrogens is 2. The second-order valence-electron chi connectivity index (χ2n) is 9.10. The molecule has 5 nitrogen and oxygen atoms in total. The number of hydrogen-bond acceptors (Lipinski definition) is 3. The summed E-state index contributed by atoms with van der Waals surface area (Å²) in [7, 11) is 0. The van der Waals surface area contributed by atoms with Gasteiger partial charge in [0.2, 0.25) is 5.91 Å². The van der Waals surface area contributed by atoms with Gasteiger partial charge in [0.05, 0.1) is 12.2 Å². The van der Waals surface area contributed by atoms with Gasteiger partial charge in [0.15, 0.2) is 0 Å². The summed E-state index contributed by atoms with van der Waals surface area (Å²) in [5.41, 5.74) is 6.46. The predicted molar refractivity (Wildman–Crippen MR) is 116 cm³/mol. The van der Waals surface area contributed by atoms with Crippen LogP contribution in [0.4, 0.5) is 0 Å². The molecule has 1 aromatic heterocycles. The Morgan fingerprint density at radius 3 is 2.48 bits per heavy atom. The number of nitrogens with one attached hydrogen (secondary N) is 1. The molecule has 0 atom stereocenters. The van der Waals surface area contributed by atoms with E-state index in [1.54, 1.807) is 0 Å². The van der Waals surface area contributed by atoms with Gasteiger partial charge in [-0.05, 0) is 69.5 Å². The van der Waals surface area contributed by atoms with Crippen LogP contribution in [0.25, 0.3) is 0 Å². The molecule has 4 rings (SSSR count). The summed E-state index contributed by atoms with van der Waals surface area (Å²) >= 11 is 0. The number of rotatable bonds is 5. The standard InChI is InChI=1S/C24H34N4O/c1-18-4-6-21(7-5-18)16-28-20(3)22(19(2)26-28)8-9-23(29)27-14-11-24(12-15-27)10-13-25-17-24/h4-7,25H,8-17H2,1-3H3. The van der Waals surface area contributed by atoms with Crippen LogP contribution in [0, 0.1) is 26.2 Å². The Morgan fingerprint density at radius 2 is 1.83 bits per heavy atom. The van der Waals surface area contributed by atoms with Gasteiger partial charge in [0.1, 0.15) is 0 Å². The van der Waals surface area contributed by atoms with Crippen LogP contribution in [0.1, 0.15) is 53.8 Å². The fraction of sp³-hybridized carbons (Fsp3) is 0.583. The molecule has 2 fully saturated rings. The van der Waals surface area contributed by atoms with Gasteiger partial charge in [-0.15, -0.1) is 0 Å². The summed E-state index contributed by atoms with van der Waals surface area (Å²) in [5, 5.41) is 8.25. The van der Waals surface area contributed by atoms with Crippen molar-refractivity contribution in [3.63, 3.8) is 0 Å². The molecule has 29 heavy (non-hydrogen) atoms. The molecule has 0 aliphatic carbocycles. The Morgan fingerprint density at radius 1 is 1.10 bits per heavy atom. The van der Waals surface area contributed by atoms with E-state index in [0.717, 1.165) is 57.7 Å². The molecule has 2 aliphatic heterocycles. The van der Waals surface area contributed by atoms with E-state index >= 15 is 0 Å². The maximum absolute atomic E-state index is 12.8. The number of carbonyl (C=O) groups excluding carboxylic acids is 1. The quantitative estimate of drug-likeness (QED) is 0.846. The summed E-state index contributed by atoms with van der Waals surface area (Å²) in [6, 6.07) is 8.62. The van der Waals surface area contributed by atoms with Crippen molar-refractivity contribution in [2.45, 2.75) is 59.4 Å². The molecule has 156 valence electrons. The minimum Gasteiger partial charge on any atom is -0.343 e. The molecular formula is C24H34N4O. The van der Waals surface area contributed by atoms with Crippen molar-refractivity contribution >= 4 is 5.91 Å². The predicted octanol–water partition coefficient (Wildman–Crippen LogP) is 3.39. The number of aryl methyl sites for hydroxylation is 2. The molecule has 0 radical (unpaired) electrons. The summed E-state index contributed by atoms with van der Waals surface area (Å²) in [5.74, 6) is 0.302. The molecule has 1 aromatic carbocycles. The van der Waals surface area contributed by atoms with Crippen molar-refractivity contribution in [2.75, 3.05) is 26.2 Å². The first kappa shape index (κ1) is 20.1. The number of carbonyl (C=O) groups is 1. The summed E-state index contributed by atoms with van der Waals surface area (Å²) < 4.78 is 2.08. The van der Waals surface area contributed by atoms with Crippen molar-refractivity contribution < 1.29 is 4.79 Å². The Hall–Kier alpha value is -2.14. The van der Waals surface area contributed by atoms with Crippen LogP contribution in [0.2, 0.25) is 0 Å². The molecule has 0 bridgehead atoms. The molecule has 0 saturated carbocycles. The van der Waals surface area contributed by atoms with E-state index in [1.165, 1.54) is 28.8 Å². The Kier molecular flexibility index (Phi) is 5.77.